The molecule has 0 unspecified atom stereocenters. The Hall–Kier alpha value is -3.15. The molecule has 0 spiro atoms. The van der Waals surface area contributed by atoms with Crippen LogP contribution in [-0.2, 0) is 6.42 Å². The summed E-state index contributed by atoms with van der Waals surface area (Å²) in [5.41, 5.74) is 5.47. The molecular weight excluding hydrogens is 340 g/mol. The largest absolute Gasteiger partial charge is 0.264 e. The zero-order chi connectivity index (χ0) is 17.1. The first kappa shape index (κ1) is 17.7. The molecule has 0 saturated heterocycles. The van der Waals surface area contributed by atoms with Crippen LogP contribution in [0.4, 0.5) is 0 Å². The van der Waals surface area contributed by atoms with Crippen LogP contribution in [0.3, 0.4) is 0 Å². The lowest BCUT2D eigenvalue weighted by Gasteiger charge is -2.12. The lowest BCUT2D eigenvalue weighted by atomic mass is 9.92. The third kappa shape index (κ3) is 3.59. The van der Waals surface area contributed by atoms with Gasteiger partial charge in [0.25, 0.3) is 0 Å². The second-order valence-electron chi connectivity index (χ2n) is 6.08. The van der Waals surface area contributed by atoms with Crippen molar-refractivity contribution in [2.75, 3.05) is 0 Å². The number of nitrogens with zero attached hydrogens (tertiary/aromatic N) is 2. The van der Waals surface area contributed by atoms with Crippen LogP contribution < -0.4 is 0 Å². The summed E-state index contributed by atoms with van der Waals surface area (Å²) in [6.45, 7) is 0. The number of aromatic nitrogens is 1. The van der Waals surface area contributed by atoms with E-state index in [0.717, 1.165) is 12.0 Å². The smallest absolute Gasteiger partial charge is 0.0991 e. The van der Waals surface area contributed by atoms with Gasteiger partial charge in [-0.05, 0) is 58.1 Å². The highest BCUT2D eigenvalue weighted by atomic mass is 35.5. The van der Waals surface area contributed by atoms with Crippen molar-refractivity contribution >= 4 is 23.2 Å². The van der Waals surface area contributed by atoms with Gasteiger partial charge in [-0.2, -0.15) is 5.26 Å². The van der Waals surface area contributed by atoms with E-state index in [1.807, 2.05) is 36.5 Å². The Morgan fingerprint density at radius 2 is 1.58 bits per heavy atom. The van der Waals surface area contributed by atoms with Crippen LogP contribution >= 0.6 is 12.4 Å². The minimum absolute atomic E-state index is 0. The van der Waals surface area contributed by atoms with Gasteiger partial charge in [0.1, 0.15) is 0 Å². The van der Waals surface area contributed by atoms with E-state index < -0.39 is 0 Å². The van der Waals surface area contributed by atoms with Crippen LogP contribution in [0.15, 0.2) is 85.2 Å². The summed E-state index contributed by atoms with van der Waals surface area (Å²) < 4.78 is 0. The highest BCUT2D eigenvalue weighted by molar-refractivity contribution is 5.89. The van der Waals surface area contributed by atoms with Gasteiger partial charge in [-0.3, -0.25) is 4.98 Å². The molecule has 0 aliphatic heterocycles. The standard InChI is InChI=1S/C23H16N2.ClH/c24-15-18-9-7-17(8-10-18)12-22-13-19-4-1-2-5-20(19)14-23(22)21-6-3-11-25-16-21;/h1-11,13-14,16H,12H2;1H. The summed E-state index contributed by atoms with van der Waals surface area (Å²) in [5, 5.41) is 11.4. The fraction of sp³-hybridized carbons (Fsp3) is 0.0435. The fourth-order valence-electron chi connectivity index (χ4n) is 3.14. The molecule has 0 radical (unpaired) electrons. The predicted molar refractivity (Wildman–Crippen MR) is 108 cm³/mol. The second kappa shape index (κ2) is 7.82. The van der Waals surface area contributed by atoms with Crippen LogP contribution in [0.2, 0.25) is 0 Å². The first-order valence-electron chi connectivity index (χ1n) is 8.24. The number of benzene rings is 3. The van der Waals surface area contributed by atoms with Crippen molar-refractivity contribution in [1.29, 1.82) is 5.26 Å². The normalized spacial score (nSPS) is 10.1. The fourth-order valence-corrected chi connectivity index (χ4v) is 3.14. The van der Waals surface area contributed by atoms with Crippen molar-refractivity contribution < 1.29 is 0 Å². The summed E-state index contributed by atoms with van der Waals surface area (Å²) in [6, 6.07) is 27.0. The van der Waals surface area contributed by atoms with Gasteiger partial charge in [0.2, 0.25) is 0 Å². The molecule has 0 amide bonds. The molecule has 4 rings (SSSR count). The van der Waals surface area contributed by atoms with E-state index in [4.69, 9.17) is 5.26 Å². The van der Waals surface area contributed by atoms with Crippen LogP contribution in [-0.4, -0.2) is 4.98 Å². The quantitative estimate of drug-likeness (QED) is 0.466. The van der Waals surface area contributed by atoms with Crippen LogP contribution in [0, 0.1) is 11.3 Å². The molecular formula is C23H17ClN2. The van der Waals surface area contributed by atoms with Gasteiger partial charge in [0.05, 0.1) is 11.6 Å². The van der Waals surface area contributed by atoms with Crippen molar-refractivity contribution in [2.45, 2.75) is 6.42 Å². The zero-order valence-electron chi connectivity index (χ0n) is 14.1. The Kier molecular flexibility index (Phi) is 5.31. The van der Waals surface area contributed by atoms with E-state index in [1.54, 1.807) is 6.20 Å². The van der Waals surface area contributed by atoms with Crippen molar-refractivity contribution in [3.63, 3.8) is 0 Å². The van der Waals surface area contributed by atoms with Gasteiger partial charge in [0, 0.05) is 18.0 Å². The molecule has 1 aromatic heterocycles. The molecule has 3 aromatic carbocycles. The Bertz CT molecular complexity index is 1060. The van der Waals surface area contributed by atoms with E-state index in [9.17, 15) is 0 Å². The summed E-state index contributed by atoms with van der Waals surface area (Å²) in [6.07, 6.45) is 4.53. The van der Waals surface area contributed by atoms with Gasteiger partial charge in [-0.1, -0.05) is 48.5 Å². The van der Waals surface area contributed by atoms with Crippen molar-refractivity contribution in [1.82, 2.24) is 4.98 Å². The molecule has 1 heterocycles. The SMILES string of the molecule is Cl.N#Cc1ccc(Cc2cc3ccccc3cc2-c2cccnc2)cc1. The number of hydrogen-bond acceptors (Lipinski definition) is 2. The van der Waals surface area contributed by atoms with E-state index in [2.05, 4.69) is 53.5 Å². The molecule has 2 nitrogen and oxygen atoms in total. The predicted octanol–water partition coefficient (Wildman–Crippen LogP) is 5.79. The van der Waals surface area contributed by atoms with Gasteiger partial charge < -0.3 is 0 Å². The molecule has 0 N–H and O–H groups in total. The molecule has 3 heteroatoms. The Balaban J connectivity index is 0.00000196. The molecule has 126 valence electrons. The monoisotopic (exact) mass is 356 g/mol. The van der Waals surface area contributed by atoms with Crippen LogP contribution in [0.1, 0.15) is 16.7 Å². The second-order valence-corrected chi connectivity index (χ2v) is 6.08. The maximum absolute atomic E-state index is 8.97. The third-order valence-electron chi connectivity index (χ3n) is 4.42. The Morgan fingerprint density at radius 1 is 0.846 bits per heavy atom. The van der Waals surface area contributed by atoms with Crippen LogP contribution in [0.25, 0.3) is 21.9 Å². The minimum atomic E-state index is 0. The van der Waals surface area contributed by atoms with E-state index in [0.29, 0.717) is 5.56 Å². The molecule has 26 heavy (non-hydrogen) atoms. The third-order valence-corrected chi connectivity index (χ3v) is 4.42. The Morgan fingerprint density at radius 3 is 2.23 bits per heavy atom. The first-order valence-corrected chi connectivity index (χ1v) is 8.24. The molecule has 0 aliphatic rings. The number of fused-ring (bicyclic) bond motifs is 1. The minimum Gasteiger partial charge on any atom is -0.264 e. The maximum atomic E-state index is 8.97. The van der Waals surface area contributed by atoms with Gasteiger partial charge in [-0.15, -0.1) is 12.4 Å². The number of hydrogen-bond donors (Lipinski definition) is 0. The summed E-state index contributed by atoms with van der Waals surface area (Å²) in [4.78, 5) is 4.28. The zero-order valence-corrected chi connectivity index (χ0v) is 14.9. The van der Waals surface area contributed by atoms with Crippen LogP contribution in [0.5, 0.6) is 0 Å². The first-order chi connectivity index (χ1) is 12.3. The molecule has 0 bridgehead atoms. The highest BCUT2D eigenvalue weighted by Gasteiger charge is 2.09. The van der Waals surface area contributed by atoms with Crippen molar-refractivity contribution in [3.8, 4) is 17.2 Å². The number of halogens is 1. The highest BCUT2D eigenvalue weighted by Crippen LogP contribution is 2.30. The number of nitriles is 1. The van der Waals surface area contributed by atoms with Crippen molar-refractivity contribution in [2.24, 2.45) is 0 Å². The lowest BCUT2D eigenvalue weighted by Crippen LogP contribution is -1.94. The Labute approximate surface area is 159 Å². The maximum Gasteiger partial charge on any atom is 0.0991 e. The average Bonchev–Trinajstić information content (AvgIpc) is 2.69. The number of pyridine rings is 1. The lowest BCUT2D eigenvalue weighted by molar-refractivity contribution is 1.19. The molecule has 4 aromatic rings. The van der Waals surface area contributed by atoms with E-state index in [1.165, 1.54) is 27.5 Å². The molecule has 0 aliphatic carbocycles. The van der Waals surface area contributed by atoms with Crippen molar-refractivity contribution in [3.05, 3.63) is 102 Å². The van der Waals surface area contributed by atoms with E-state index in [-0.39, 0.29) is 12.4 Å². The summed E-state index contributed by atoms with van der Waals surface area (Å²) in [5.74, 6) is 0. The topological polar surface area (TPSA) is 36.7 Å². The summed E-state index contributed by atoms with van der Waals surface area (Å²) >= 11 is 0. The van der Waals surface area contributed by atoms with E-state index >= 15 is 0 Å². The van der Waals surface area contributed by atoms with Gasteiger partial charge in [0.15, 0.2) is 0 Å². The molecule has 0 fully saturated rings. The van der Waals surface area contributed by atoms with Gasteiger partial charge >= 0.3 is 0 Å². The number of rotatable bonds is 3. The molecule has 0 saturated carbocycles. The average molecular weight is 357 g/mol. The molecule has 0 atom stereocenters. The summed E-state index contributed by atoms with van der Waals surface area (Å²) in [7, 11) is 0. The van der Waals surface area contributed by atoms with Gasteiger partial charge in [-0.25, -0.2) is 0 Å².